The highest BCUT2D eigenvalue weighted by molar-refractivity contribution is 6.12. The van der Waals surface area contributed by atoms with Crippen LogP contribution >= 0.6 is 0 Å². The predicted molar refractivity (Wildman–Crippen MR) is 99.7 cm³/mol. The third-order valence-electron chi connectivity index (χ3n) is 4.55. The smallest absolute Gasteiger partial charge is 0.262 e. The van der Waals surface area contributed by atoms with Crippen LogP contribution in [0.15, 0.2) is 73.1 Å². The molecule has 0 unspecified atom stereocenters. The van der Waals surface area contributed by atoms with Crippen LogP contribution in [0.3, 0.4) is 0 Å². The molecule has 0 spiro atoms. The fraction of sp³-hybridized carbons (Fsp3) is 0.143. The number of para-hydroxylation sites is 1. The average molecular weight is 329 g/mol. The molecule has 25 heavy (non-hydrogen) atoms. The monoisotopic (exact) mass is 329 g/mol. The van der Waals surface area contributed by atoms with Gasteiger partial charge in [0.05, 0.1) is 5.56 Å². The van der Waals surface area contributed by atoms with Crippen molar-refractivity contribution in [2.24, 2.45) is 0 Å². The molecule has 2 aromatic carbocycles. The first-order chi connectivity index (χ1) is 12.3. The second kappa shape index (κ2) is 6.40. The fourth-order valence-electron chi connectivity index (χ4n) is 3.18. The molecule has 0 bridgehead atoms. The van der Waals surface area contributed by atoms with Crippen molar-refractivity contribution in [2.45, 2.75) is 19.5 Å². The number of aromatic nitrogens is 1. The van der Waals surface area contributed by atoms with Gasteiger partial charge in [-0.25, -0.2) is 0 Å². The van der Waals surface area contributed by atoms with E-state index in [4.69, 9.17) is 0 Å². The largest absolute Gasteiger partial charge is 0.360 e. The number of anilines is 2. The maximum atomic E-state index is 13.2. The van der Waals surface area contributed by atoms with E-state index in [0.29, 0.717) is 5.56 Å². The molecule has 4 heteroatoms. The number of benzene rings is 2. The molecule has 1 aliphatic heterocycles. The minimum Gasteiger partial charge on any atom is -0.360 e. The van der Waals surface area contributed by atoms with E-state index in [1.807, 2.05) is 48.5 Å². The van der Waals surface area contributed by atoms with Crippen molar-refractivity contribution in [2.75, 3.05) is 10.2 Å². The Balaban J connectivity index is 1.83. The first-order valence-corrected chi connectivity index (χ1v) is 8.46. The normalized spacial score (nSPS) is 16.3. The molecule has 0 saturated heterocycles. The van der Waals surface area contributed by atoms with Gasteiger partial charge >= 0.3 is 0 Å². The Hall–Kier alpha value is -3.14. The lowest BCUT2D eigenvalue weighted by molar-refractivity contribution is 0.0975. The molecule has 0 saturated carbocycles. The highest BCUT2D eigenvalue weighted by Gasteiger charge is 2.33. The van der Waals surface area contributed by atoms with Crippen LogP contribution in [0.1, 0.15) is 34.6 Å². The molecule has 1 N–H and O–H groups in total. The lowest BCUT2D eigenvalue weighted by Gasteiger charge is -2.38. The van der Waals surface area contributed by atoms with Gasteiger partial charge in [-0.15, -0.1) is 0 Å². The Morgan fingerprint density at radius 1 is 1.04 bits per heavy atom. The molecule has 124 valence electrons. The first kappa shape index (κ1) is 15.4. The predicted octanol–water partition coefficient (Wildman–Crippen LogP) is 4.42. The molecule has 1 aliphatic rings. The first-order valence-electron chi connectivity index (χ1n) is 8.46. The van der Waals surface area contributed by atoms with E-state index in [2.05, 4.69) is 29.4 Å². The summed E-state index contributed by atoms with van der Waals surface area (Å²) >= 11 is 0. The van der Waals surface area contributed by atoms with Gasteiger partial charge < -0.3 is 5.32 Å². The zero-order chi connectivity index (χ0) is 17.2. The molecular formula is C21H19N3O. The van der Waals surface area contributed by atoms with Gasteiger partial charge in [-0.1, -0.05) is 37.3 Å². The molecule has 1 aromatic heterocycles. The number of nitrogens with one attached hydrogen (secondary N) is 1. The van der Waals surface area contributed by atoms with E-state index in [0.717, 1.165) is 23.4 Å². The summed E-state index contributed by atoms with van der Waals surface area (Å²) < 4.78 is 0. The van der Waals surface area contributed by atoms with E-state index in [1.54, 1.807) is 17.3 Å². The van der Waals surface area contributed by atoms with Crippen LogP contribution in [-0.4, -0.2) is 10.9 Å². The number of carbonyl (C=O) groups is 1. The van der Waals surface area contributed by atoms with Gasteiger partial charge in [-0.2, -0.15) is 0 Å². The number of hydrogen-bond acceptors (Lipinski definition) is 3. The zero-order valence-electron chi connectivity index (χ0n) is 14.0. The van der Waals surface area contributed by atoms with Crippen LogP contribution in [0.25, 0.3) is 0 Å². The van der Waals surface area contributed by atoms with Gasteiger partial charge in [0.2, 0.25) is 0 Å². The summed E-state index contributed by atoms with van der Waals surface area (Å²) in [6, 6.07) is 19.7. The number of nitrogens with zero attached hydrogens (tertiary/aromatic N) is 2. The third-order valence-corrected chi connectivity index (χ3v) is 4.55. The minimum atomic E-state index is -0.288. The van der Waals surface area contributed by atoms with Crippen LogP contribution in [-0.2, 0) is 6.42 Å². The van der Waals surface area contributed by atoms with Gasteiger partial charge in [-0.05, 0) is 42.3 Å². The second-order valence-corrected chi connectivity index (χ2v) is 6.07. The lowest BCUT2D eigenvalue weighted by atomic mass is 10.0. The maximum Gasteiger partial charge on any atom is 0.262 e. The van der Waals surface area contributed by atoms with Crippen molar-refractivity contribution in [3.63, 3.8) is 0 Å². The Morgan fingerprint density at radius 2 is 1.84 bits per heavy atom. The maximum absolute atomic E-state index is 13.2. The van der Waals surface area contributed by atoms with E-state index in [1.165, 1.54) is 5.56 Å². The molecule has 3 aromatic rings. The molecule has 4 nitrogen and oxygen atoms in total. The molecule has 0 radical (unpaired) electrons. The van der Waals surface area contributed by atoms with Gasteiger partial charge in [-0.3, -0.25) is 14.7 Å². The van der Waals surface area contributed by atoms with Crippen LogP contribution in [0.2, 0.25) is 0 Å². The summed E-state index contributed by atoms with van der Waals surface area (Å²) in [6.07, 6.45) is 4.22. The molecule has 4 rings (SSSR count). The Bertz CT molecular complexity index is 891. The summed E-state index contributed by atoms with van der Waals surface area (Å²) in [5.41, 5.74) is 4.60. The van der Waals surface area contributed by atoms with Crippen molar-refractivity contribution < 1.29 is 4.79 Å². The highest BCUT2D eigenvalue weighted by atomic mass is 16.2. The van der Waals surface area contributed by atoms with Crippen molar-refractivity contribution in [3.05, 3.63) is 89.7 Å². The number of amides is 1. The minimum absolute atomic E-state index is 0.00699. The van der Waals surface area contributed by atoms with Crippen molar-refractivity contribution in [1.29, 1.82) is 0 Å². The topological polar surface area (TPSA) is 45.2 Å². The van der Waals surface area contributed by atoms with E-state index >= 15 is 0 Å². The molecular weight excluding hydrogens is 310 g/mol. The molecule has 2 heterocycles. The Morgan fingerprint density at radius 3 is 2.56 bits per heavy atom. The van der Waals surface area contributed by atoms with Crippen LogP contribution in [0, 0.1) is 0 Å². The van der Waals surface area contributed by atoms with Gasteiger partial charge in [0.15, 0.2) is 0 Å². The number of fused-ring (bicyclic) bond motifs is 1. The number of aryl methyl sites for hydroxylation is 1. The van der Waals surface area contributed by atoms with Crippen molar-refractivity contribution in [1.82, 2.24) is 4.98 Å². The van der Waals surface area contributed by atoms with E-state index in [9.17, 15) is 4.79 Å². The van der Waals surface area contributed by atoms with E-state index in [-0.39, 0.29) is 12.1 Å². The molecule has 0 fully saturated rings. The van der Waals surface area contributed by atoms with Gasteiger partial charge in [0, 0.05) is 29.3 Å². The summed E-state index contributed by atoms with van der Waals surface area (Å²) in [4.78, 5) is 19.2. The van der Waals surface area contributed by atoms with E-state index < -0.39 is 0 Å². The molecule has 1 amide bonds. The molecule has 1 atom stereocenters. The second-order valence-electron chi connectivity index (χ2n) is 6.07. The highest BCUT2D eigenvalue weighted by Crippen LogP contribution is 2.36. The summed E-state index contributed by atoms with van der Waals surface area (Å²) in [6.45, 7) is 2.12. The Labute approximate surface area is 147 Å². The van der Waals surface area contributed by atoms with Crippen LogP contribution in [0.4, 0.5) is 11.4 Å². The average Bonchev–Trinajstić information content (AvgIpc) is 2.69. The van der Waals surface area contributed by atoms with Gasteiger partial charge in [0.1, 0.15) is 6.17 Å². The van der Waals surface area contributed by atoms with Crippen LogP contribution < -0.4 is 10.2 Å². The van der Waals surface area contributed by atoms with Gasteiger partial charge in [0.25, 0.3) is 5.91 Å². The Kier molecular flexibility index (Phi) is 3.94. The van der Waals surface area contributed by atoms with Crippen LogP contribution in [0.5, 0.6) is 0 Å². The molecule has 0 aliphatic carbocycles. The summed E-state index contributed by atoms with van der Waals surface area (Å²) in [5.74, 6) is -0.00699. The summed E-state index contributed by atoms with van der Waals surface area (Å²) in [5, 5.41) is 3.49. The third kappa shape index (κ3) is 2.76. The fourth-order valence-corrected chi connectivity index (χ4v) is 3.18. The van der Waals surface area contributed by atoms with Crippen molar-refractivity contribution >= 4 is 17.3 Å². The SMILES string of the molecule is CCc1ccc(N2C(=O)c3ccccc3N[C@@H]2c2cccnc2)cc1. The standard InChI is InChI=1S/C21H19N3O/c1-2-15-9-11-17(12-10-15)24-20(16-6-5-13-22-14-16)23-19-8-4-3-7-18(19)21(24)25/h3-14,20,23H,2H2,1H3/t20-/m0/s1. The number of pyridine rings is 1. The number of carbonyl (C=O) groups excluding carboxylic acids is 1. The number of rotatable bonds is 3. The van der Waals surface area contributed by atoms with Crippen molar-refractivity contribution in [3.8, 4) is 0 Å². The zero-order valence-corrected chi connectivity index (χ0v) is 14.0. The summed E-state index contributed by atoms with van der Waals surface area (Å²) in [7, 11) is 0. The lowest BCUT2D eigenvalue weighted by Crippen LogP contribution is -2.43. The quantitative estimate of drug-likeness (QED) is 0.774. The number of hydrogen-bond donors (Lipinski definition) is 1.